The normalized spacial score (nSPS) is 17.5. The van der Waals surface area contributed by atoms with E-state index in [0.717, 1.165) is 53.1 Å². The Kier molecular flexibility index (Phi) is 9.42. The molecule has 1 atom stereocenters. The fourth-order valence-corrected chi connectivity index (χ4v) is 5.93. The molecule has 1 saturated heterocycles. The minimum Gasteiger partial charge on any atom is -0.493 e. The van der Waals surface area contributed by atoms with E-state index < -0.39 is 20.2 Å². The molecule has 9 nitrogen and oxygen atoms in total. The summed E-state index contributed by atoms with van der Waals surface area (Å²) in [6, 6.07) is 12.5. The average Bonchev–Trinajstić information content (AvgIpc) is 3.60. The number of benzene rings is 1. The highest BCUT2D eigenvalue weighted by atomic mass is 28.3. The van der Waals surface area contributed by atoms with E-state index in [1.807, 2.05) is 41.1 Å². The van der Waals surface area contributed by atoms with Crippen LogP contribution in [0.3, 0.4) is 0 Å². The molecule has 0 spiro atoms. The van der Waals surface area contributed by atoms with E-state index in [4.69, 9.17) is 14.2 Å². The molecule has 233 valence electrons. The molecular formula is C30H38F3N5O4Si-. The third-order valence-corrected chi connectivity index (χ3v) is 9.45. The van der Waals surface area contributed by atoms with Gasteiger partial charge in [0.05, 0.1) is 12.3 Å². The Hall–Kier alpha value is -3.42. The van der Waals surface area contributed by atoms with Crippen molar-refractivity contribution in [3.05, 3.63) is 54.4 Å². The summed E-state index contributed by atoms with van der Waals surface area (Å²) >= 11 is 0. The van der Waals surface area contributed by atoms with Crippen LogP contribution in [0.5, 0.6) is 17.4 Å². The first-order valence-corrected chi connectivity index (χ1v) is 18.3. The van der Waals surface area contributed by atoms with Crippen molar-refractivity contribution in [3.8, 4) is 28.6 Å². The Labute approximate surface area is 250 Å². The van der Waals surface area contributed by atoms with Crippen LogP contribution in [0.1, 0.15) is 17.9 Å². The second-order valence-corrected chi connectivity index (χ2v) is 17.8. The van der Waals surface area contributed by atoms with Gasteiger partial charge in [-0.2, -0.15) is 37.9 Å². The first-order chi connectivity index (χ1) is 20.5. The Morgan fingerprint density at radius 1 is 1.09 bits per heavy atom. The smallest absolute Gasteiger partial charge is 0.471 e. The molecule has 1 aromatic carbocycles. The zero-order valence-corrected chi connectivity index (χ0v) is 25.8. The van der Waals surface area contributed by atoms with Crippen molar-refractivity contribution in [1.29, 1.82) is 0 Å². The molecule has 43 heavy (non-hydrogen) atoms. The first-order valence-electron chi connectivity index (χ1n) is 14.6. The van der Waals surface area contributed by atoms with Crippen molar-refractivity contribution in [1.82, 2.24) is 24.6 Å². The molecule has 1 unspecified atom stereocenters. The van der Waals surface area contributed by atoms with Gasteiger partial charge in [0.2, 0.25) is 5.88 Å². The van der Waals surface area contributed by atoms with Crippen molar-refractivity contribution >= 4 is 14.0 Å². The first kappa shape index (κ1) is 31.0. The summed E-state index contributed by atoms with van der Waals surface area (Å²) in [6.07, 6.45) is -0.505. The maximum Gasteiger partial charge on any atom is 0.471 e. The second kappa shape index (κ2) is 13.1. The lowest BCUT2D eigenvalue weighted by molar-refractivity contribution is -0.187. The van der Waals surface area contributed by atoms with E-state index >= 15 is 0 Å². The molecule has 1 amide bonds. The minimum atomic E-state index is -4.82. The van der Waals surface area contributed by atoms with E-state index in [1.54, 1.807) is 12.4 Å². The van der Waals surface area contributed by atoms with Crippen LogP contribution in [0.25, 0.3) is 11.3 Å². The number of alkyl halides is 3. The highest BCUT2D eigenvalue weighted by Crippen LogP contribution is 2.39. The summed E-state index contributed by atoms with van der Waals surface area (Å²) in [6.45, 7) is 10.4. The lowest BCUT2D eigenvalue weighted by atomic mass is 9.97. The van der Waals surface area contributed by atoms with Crippen molar-refractivity contribution < 1.29 is 32.2 Å². The molecular weight excluding hydrogens is 579 g/mol. The van der Waals surface area contributed by atoms with Gasteiger partial charge in [0.25, 0.3) is 0 Å². The van der Waals surface area contributed by atoms with Crippen molar-refractivity contribution in [2.75, 3.05) is 45.9 Å². The molecule has 13 heteroatoms. The summed E-state index contributed by atoms with van der Waals surface area (Å²) < 4.78 is 57.7. The van der Waals surface area contributed by atoms with Crippen LogP contribution in [0.2, 0.25) is 25.7 Å². The lowest BCUT2D eigenvalue weighted by Gasteiger charge is -2.35. The highest BCUT2D eigenvalue weighted by molar-refractivity contribution is 6.76. The summed E-state index contributed by atoms with van der Waals surface area (Å²) in [5.74, 6) is 0.263. The zero-order valence-electron chi connectivity index (χ0n) is 24.8. The van der Waals surface area contributed by atoms with Crippen molar-refractivity contribution in [2.45, 2.75) is 50.9 Å². The second-order valence-electron chi connectivity index (χ2n) is 12.2. The van der Waals surface area contributed by atoms with Crippen LogP contribution in [0, 0.1) is 0 Å². The molecule has 0 radical (unpaired) electrons. The van der Waals surface area contributed by atoms with Crippen LogP contribution in [0.15, 0.2) is 48.8 Å². The number of carbonyl (C=O) groups excluding carboxylic acids is 1. The minimum absolute atomic E-state index is 0.0860. The summed E-state index contributed by atoms with van der Waals surface area (Å²) in [5.41, 5.74) is 2.91. The van der Waals surface area contributed by atoms with Gasteiger partial charge in [0, 0.05) is 74.4 Å². The molecule has 2 aliphatic heterocycles. The van der Waals surface area contributed by atoms with Gasteiger partial charge in [-0.15, -0.1) is 14.1 Å². The highest BCUT2D eigenvalue weighted by Gasteiger charge is 2.43. The van der Waals surface area contributed by atoms with Crippen LogP contribution < -0.4 is 9.47 Å². The number of nitrogens with zero attached hydrogens (tertiary/aromatic N) is 5. The molecule has 0 N–H and O–H groups in total. The monoisotopic (exact) mass is 617 g/mol. The summed E-state index contributed by atoms with van der Waals surface area (Å²) in [7, 11) is -1.15. The van der Waals surface area contributed by atoms with E-state index in [-0.39, 0.29) is 19.0 Å². The molecule has 0 aliphatic carbocycles. The van der Waals surface area contributed by atoms with Gasteiger partial charge < -0.3 is 19.1 Å². The SMILES string of the molecule is C[Si-](C)(C)CCOCn1nccc1-c1ccc(Oc2ccc3c(c2)OCC3CCN2CCN(C(=O)C(F)(F)F)CC2)nc1. The molecule has 0 bridgehead atoms. The van der Waals surface area contributed by atoms with Crippen LogP contribution in [-0.2, 0) is 16.3 Å². The summed E-state index contributed by atoms with van der Waals surface area (Å²) in [5, 5.41) is 4.39. The van der Waals surface area contributed by atoms with Gasteiger partial charge in [-0.25, -0.2) is 9.67 Å². The number of piperazine rings is 1. The van der Waals surface area contributed by atoms with E-state index in [9.17, 15) is 18.0 Å². The quantitative estimate of drug-likeness (QED) is 0.204. The Morgan fingerprint density at radius 3 is 2.58 bits per heavy atom. The third-order valence-electron chi connectivity index (χ3n) is 7.74. The molecule has 4 heterocycles. The molecule has 5 rings (SSSR count). The molecule has 3 aromatic rings. The third kappa shape index (κ3) is 8.15. The Balaban J connectivity index is 1.11. The number of pyridine rings is 1. The average molecular weight is 618 g/mol. The number of fused-ring (bicyclic) bond motifs is 1. The van der Waals surface area contributed by atoms with Gasteiger partial charge in [0.1, 0.15) is 18.2 Å². The standard InChI is InChI=1S/C30H38F3N5O4Si/c1-43(2,3)17-16-40-21-38-26(8-10-35-38)22-4-7-28(34-19-22)42-24-5-6-25-23(20-41-27(25)18-24)9-11-36-12-14-37(15-13-36)29(39)30(31,32)33/h4-8,10,18-19,23H,9,11-17,20-21H2,1-3H3/q-1. The van der Waals surface area contributed by atoms with Crippen LogP contribution in [0.4, 0.5) is 13.2 Å². The zero-order chi connectivity index (χ0) is 30.6. The van der Waals surface area contributed by atoms with E-state index in [0.29, 0.717) is 38.1 Å². The van der Waals surface area contributed by atoms with E-state index in [1.165, 1.54) is 0 Å². The number of carbonyl (C=O) groups is 1. The molecule has 0 saturated carbocycles. The van der Waals surface area contributed by atoms with Crippen molar-refractivity contribution in [2.24, 2.45) is 0 Å². The van der Waals surface area contributed by atoms with Gasteiger partial charge in [-0.3, -0.25) is 9.69 Å². The van der Waals surface area contributed by atoms with Gasteiger partial charge in [-0.05, 0) is 31.2 Å². The predicted octanol–water partition coefficient (Wildman–Crippen LogP) is 5.62. The number of hydrogen-bond acceptors (Lipinski definition) is 7. The number of halogens is 3. The maximum atomic E-state index is 12.7. The summed E-state index contributed by atoms with van der Waals surface area (Å²) in [4.78, 5) is 18.9. The number of ether oxygens (including phenoxy) is 3. The molecule has 2 aromatic heterocycles. The lowest BCUT2D eigenvalue weighted by Crippen LogP contribution is -2.52. The number of aromatic nitrogens is 3. The number of amides is 1. The Morgan fingerprint density at radius 2 is 1.88 bits per heavy atom. The van der Waals surface area contributed by atoms with Crippen LogP contribution in [-0.4, -0.2) is 90.7 Å². The fourth-order valence-electron chi connectivity index (χ4n) is 5.17. The number of hydrogen-bond donors (Lipinski definition) is 0. The topological polar surface area (TPSA) is 82.0 Å². The van der Waals surface area contributed by atoms with Crippen LogP contribution >= 0.6 is 0 Å². The molecule has 1 fully saturated rings. The predicted molar refractivity (Wildman–Crippen MR) is 158 cm³/mol. The van der Waals surface area contributed by atoms with Gasteiger partial charge >= 0.3 is 12.1 Å². The van der Waals surface area contributed by atoms with Crippen molar-refractivity contribution in [3.63, 3.8) is 0 Å². The van der Waals surface area contributed by atoms with E-state index in [2.05, 4.69) is 34.6 Å². The largest absolute Gasteiger partial charge is 0.493 e. The van der Waals surface area contributed by atoms with Gasteiger partial charge in [0.15, 0.2) is 0 Å². The maximum absolute atomic E-state index is 12.7. The fraction of sp³-hybridized carbons (Fsp3) is 0.500. The Bertz CT molecular complexity index is 1390. The molecule has 2 aliphatic rings. The van der Waals surface area contributed by atoms with Gasteiger partial charge in [-0.1, -0.05) is 6.07 Å². The number of rotatable bonds is 11.